The van der Waals surface area contributed by atoms with Gasteiger partial charge in [-0.1, -0.05) is 6.07 Å². The molecule has 1 aliphatic carbocycles. The van der Waals surface area contributed by atoms with Crippen LogP contribution in [0.3, 0.4) is 0 Å². The quantitative estimate of drug-likeness (QED) is 0.243. The monoisotopic (exact) mass is 552 g/mol. The predicted molar refractivity (Wildman–Crippen MR) is 141 cm³/mol. The summed E-state index contributed by atoms with van der Waals surface area (Å²) in [6.07, 6.45) is 1.95. The first-order valence-corrected chi connectivity index (χ1v) is 14.4. The standard InChI is InChI=1S/C25H32F3N6O3P/c1-33(10-4-3-9-29)17-7-6-16(12-17)31-24-30-13-20(25(26,27)28)22(32-24)19-14-34(38(2)37)21-11-15(23(35)36)5-8-18(19)21/h5,8,11,13-14,16-17,38H,3-4,6-7,9-10,12,29H2,1-2H3,(H,35,36)(H,30,31,32)/t16-,17-/m0/s1. The van der Waals surface area contributed by atoms with E-state index < -0.39 is 25.7 Å². The number of anilines is 1. The van der Waals surface area contributed by atoms with Crippen LogP contribution in [0.15, 0.2) is 30.6 Å². The van der Waals surface area contributed by atoms with E-state index in [1.165, 1.54) is 35.4 Å². The summed E-state index contributed by atoms with van der Waals surface area (Å²) in [6, 6.07) is 4.40. The van der Waals surface area contributed by atoms with Gasteiger partial charge in [0.2, 0.25) is 5.95 Å². The Labute approximate surface area is 219 Å². The van der Waals surface area contributed by atoms with Crippen LogP contribution in [0.25, 0.3) is 22.2 Å². The molecule has 1 aromatic carbocycles. The summed E-state index contributed by atoms with van der Waals surface area (Å²) in [5.74, 6) is -1.11. The lowest BCUT2D eigenvalue weighted by Crippen LogP contribution is -2.32. The number of carboxylic acids is 1. The lowest BCUT2D eigenvalue weighted by molar-refractivity contribution is -0.137. The third-order valence-electron chi connectivity index (χ3n) is 7.07. The number of unbranched alkanes of at least 4 members (excludes halogenated alkanes) is 1. The molecule has 3 aromatic rings. The number of nitrogens with zero attached hydrogens (tertiary/aromatic N) is 4. The SMILES string of the molecule is CN(CCCCN)[C@H]1CC[C@H](Nc2ncc(C(F)(F)F)c(-c3cn([PH](C)=O)c4cc(C(=O)O)ccc34)n2)C1. The van der Waals surface area contributed by atoms with Crippen molar-refractivity contribution in [2.45, 2.75) is 50.4 Å². The van der Waals surface area contributed by atoms with Crippen molar-refractivity contribution in [3.63, 3.8) is 0 Å². The highest BCUT2D eigenvalue weighted by Crippen LogP contribution is 2.42. The summed E-state index contributed by atoms with van der Waals surface area (Å²) < 4.78 is 55.8. The van der Waals surface area contributed by atoms with Crippen molar-refractivity contribution in [2.75, 3.05) is 32.1 Å². The molecule has 1 saturated carbocycles. The Balaban J connectivity index is 1.68. The number of aromatic carboxylic acids is 1. The van der Waals surface area contributed by atoms with Crippen molar-refractivity contribution >= 4 is 30.8 Å². The molecule has 2 heterocycles. The molecule has 206 valence electrons. The molecule has 0 radical (unpaired) electrons. The number of nitrogens with one attached hydrogen (secondary N) is 1. The first kappa shape index (κ1) is 28.1. The van der Waals surface area contributed by atoms with Gasteiger partial charge in [-0.25, -0.2) is 14.8 Å². The Morgan fingerprint density at radius 3 is 2.74 bits per heavy atom. The summed E-state index contributed by atoms with van der Waals surface area (Å²) in [5.41, 5.74) is 4.53. The van der Waals surface area contributed by atoms with Gasteiger partial charge in [0.1, 0.15) is 5.56 Å². The zero-order valence-electron chi connectivity index (χ0n) is 21.3. The van der Waals surface area contributed by atoms with Crippen LogP contribution in [0, 0.1) is 0 Å². The molecule has 13 heteroatoms. The van der Waals surface area contributed by atoms with Crippen molar-refractivity contribution in [1.29, 1.82) is 0 Å². The zero-order chi connectivity index (χ0) is 27.6. The minimum absolute atomic E-state index is 0.00751. The molecular weight excluding hydrogens is 520 g/mol. The highest BCUT2D eigenvalue weighted by molar-refractivity contribution is 7.42. The number of fused-ring (bicyclic) bond motifs is 1. The second-order valence-electron chi connectivity index (χ2n) is 9.71. The van der Waals surface area contributed by atoms with E-state index in [2.05, 4.69) is 27.2 Å². The van der Waals surface area contributed by atoms with Gasteiger partial charge in [-0.2, -0.15) is 13.2 Å². The fraction of sp³-hybridized carbons (Fsp3) is 0.480. The maximum atomic E-state index is 14.0. The molecule has 0 saturated heterocycles. The fourth-order valence-electron chi connectivity index (χ4n) is 5.03. The molecule has 0 aliphatic heterocycles. The normalized spacial score (nSPS) is 18.8. The van der Waals surface area contributed by atoms with Crippen molar-refractivity contribution in [1.82, 2.24) is 19.2 Å². The van der Waals surface area contributed by atoms with E-state index >= 15 is 0 Å². The summed E-state index contributed by atoms with van der Waals surface area (Å²) in [5, 5.41) is 12.9. The van der Waals surface area contributed by atoms with E-state index in [-0.39, 0.29) is 34.3 Å². The maximum absolute atomic E-state index is 14.0. The number of hydrogen-bond donors (Lipinski definition) is 3. The lowest BCUT2D eigenvalue weighted by atomic mass is 10.0. The van der Waals surface area contributed by atoms with E-state index in [1.54, 1.807) is 0 Å². The smallest absolute Gasteiger partial charge is 0.419 e. The number of alkyl halides is 3. The number of hydrogen-bond acceptors (Lipinski definition) is 7. The van der Waals surface area contributed by atoms with Gasteiger partial charge in [0.05, 0.1) is 16.8 Å². The van der Waals surface area contributed by atoms with Gasteiger partial charge in [-0.3, -0.25) is 4.34 Å². The van der Waals surface area contributed by atoms with E-state index in [9.17, 15) is 27.6 Å². The molecule has 9 nitrogen and oxygen atoms in total. The number of carbonyl (C=O) groups is 1. The Hall–Kier alpha value is -2.95. The van der Waals surface area contributed by atoms with Gasteiger partial charge >= 0.3 is 12.1 Å². The molecule has 1 unspecified atom stereocenters. The van der Waals surface area contributed by atoms with E-state index in [1.807, 2.05) is 0 Å². The van der Waals surface area contributed by atoms with Crippen molar-refractivity contribution < 1.29 is 27.6 Å². The van der Waals surface area contributed by atoms with Gasteiger partial charge in [0.25, 0.3) is 0 Å². The van der Waals surface area contributed by atoms with Crippen LogP contribution in [0.1, 0.15) is 48.0 Å². The van der Waals surface area contributed by atoms with E-state index in [4.69, 9.17) is 5.73 Å². The second kappa shape index (κ2) is 11.4. The summed E-state index contributed by atoms with van der Waals surface area (Å²) in [7, 11) is -0.371. The largest absolute Gasteiger partial charge is 0.478 e. The minimum Gasteiger partial charge on any atom is -0.478 e. The number of nitrogens with two attached hydrogens (primary N) is 1. The van der Waals surface area contributed by atoms with E-state index in [0.29, 0.717) is 18.0 Å². The summed E-state index contributed by atoms with van der Waals surface area (Å²) >= 11 is 0. The first-order valence-electron chi connectivity index (χ1n) is 12.5. The maximum Gasteiger partial charge on any atom is 0.419 e. The molecule has 0 spiro atoms. The molecule has 38 heavy (non-hydrogen) atoms. The van der Waals surface area contributed by atoms with Crippen molar-refractivity contribution in [3.05, 3.63) is 41.7 Å². The lowest BCUT2D eigenvalue weighted by Gasteiger charge is -2.24. The minimum atomic E-state index is -4.73. The molecule has 4 rings (SSSR count). The number of benzene rings is 1. The van der Waals surface area contributed by atoms with Gasteiger partial charge in [-0.05, 0) is 64.4 Å². The highest BCUT2D eigenvalue weighted by atomic mass is 31.1. The van der Waals surface area contributed by atoms with Crippen LogP contribution in [0.5, 0.6) is 0 Å². The molecule has 1 fully saturated rings. The number of carboxylic acid groups (broad SMARTS) is 1. The number of rotatable bonds is 10. The van der Waals surface area contributed by atoms with Gasteiger partial charge in [0, 0.05) is 42.1 Å². The average molecular weight is 553 g/mol. The average Bonchev–Trinajstić information content (AvgIpc) is 3.48. The molecule has 0 amide bonds. The molecule has 4 N–H and O–H groups in total. The number of aromatic nitrogens is 3. The summed E-state index contributed by atoms with van der Waals surface area (Å²) in [4.78, 5) is 22.0. The van der Waals surface area contributed by atoms with Crippen molar-refractivity contribution in [2.24, 2.45) is 5.73 Å². The molecule has 0 bridgehead atoms. The van der Waals surface area contributed by atoms with Crippen LogP contribution in [0.4, 0.5) is 19.1 Å². The highest BCUT2D eigenvalue weighted by Gasteiger charge is 2.37. The van der Waals surface area contributed by atoms with Crippen LogP contribution < -0.4 is 11.1 Å². The van der Waals surface area contributed by atoms with Crippen LogP contribution in [-0.4, -0.2) is 69.2 Å². The molecule has 2 aromatic heterocycles. The van der Waals surface area contributed by atoms with Gasteiger partial charge in [0.15, 0.2) is 7.95 Å². The topological polar surface area (TPSA) is 126 Å². The predicted octanol–water partition coefficient (Wildman–Crippen LogP) is 4.77. The number of halogens is 3. The summed E-state index contributed by atoms with van der Waals surface area (Å²) in [6.45, 7) is 3.03. The third-order valence-corrected chi connectivity index (χ3v) is 8.12. The Bertz CT molecular complexity index is 1350. The first-order chi connectivity index (χ1) is 18.0. The fourth-order valence-corrected chi connectivity index (χ4v) is 5.87. The van der Waals surface area contributed by atoms with Crippen LogP contribution >= 0.6 is 7.95 Å². The Kier molecular flexibility index (Phi) is 8.44. The van der Waals surface area contributed by atoms with Crippen LogP contribution in [-0.2, 0) is 10.7 Å². The Morgan fingerprint density at radius 1 is 1.32 bits per heavy atom. The molecule has 1 aliphatic rings. The van der Waals surface area contributed by atoms with Gasteiger partial charge in [-0.15, -0.1) is 0 Å². The second-order valence-corrected chi connectivity index (χ2v) is 11.2. The van der Waals surface area contributed by atoms with E-state index in [0.717, 1.165) is 44.8 Å². The van der Waals surface area contributed by atoms with Gasteiger partial charge < -0.3 is 25.6 Å². The molecule has 3 atom stereocenters. The van der Waals surface area contributed by atoms with Crippen molar-refractivity contribution in [3.8, 4) is 11.3 Å². The zero-order valence-corrected chi connectivity index (χ0v) is 22.3. The molecular formula is C25H32F3N6O3P. The third kappa shape index (κ3) is 6.03. The van der Waals surface area contributed by atoms with Crippen LogP contribution in [0.2, 0.25) is 0 Å². The Morgan fingerprint density at radius 2 is 2.08 bits per heavy atom.